The third-order valence-corrected chi connectivity index (χ3v) is 8.59. The highest BCUT2D eigenvalue weighted by Gasteiger charge is 2.67. The minimum absolute atomic E-state index is 0.0799. The van der Waals surface area contributed by atoms with Crippen LogP contribution in [0.15, 0.2) is 23.7 Å². The predicted molar refractivity (Wildman–Crippen MR) is 96.4 cm³/mol. The van der Waals surface area contributed by atoms with Gasteiger partial charge in [-0.15, -0.1) is 0 Å². The van der Waals surface area contributed by atoms with E-state index in [9.17, 15) is 25.2 Å². The lowest BCUT2D eigenvalue weighted by Crippen LogP contribution is -2.60. The fourth-order valence-electron chi connectivity index (χ4n) is 7.22. The maximum Gasteiger partial charge on any atom is 0.159 e. The number of carbonyl (C=O) groups excluding carboxylic acids is 1. The van der Waals surface area contributed by atoms with Gasteiger partial charge in [0.1, 0.15) is 11.9 Å². The zero-order valence-corrected chi connectivity index (χ0v) is 15.6. The summed E-state index contributed by atoms with van der Waals surface area (Å²) in [7, 11) is 0. The minimum Gasteiger partial charge on any atom is -0.512 e. The van der Waals surface area contributed by atoms with Crippen molar-refractivity contribution in [3.8, 4) is 0 Å². The predicted octanol–water partition coefficient (Wildman–Crippen LogP) is 3.18. The number of carbonyl (C=O) groups is 1. The average Bonchev–Trinajstić information content (AvgIpc) is 2.86. The van der Waals surface area contributed by atoms with Gasteiger partial charge in [0.05, 0.1) is 6.10 Å². The van der Waals surface area contributed by atoms with Crippen molar-refractivity contribution in [3.05, 3.63) is 23.7 Å². The van der Waals surface area contributed by atoms with E-state index >= 15 is 0 Å². The number of allylic oxidation sites excluding steroid dienone is 1. The molecule has 7 atom stereocenters. The Morgan fingerprint density at radius 1 is 1.23 bits per heavy atom. The molecule has 0 aromatic carbocycles. The van der Waals surface area contributed by atoms with E-state index in [4.69, 9.17) is 0 Å². The fourth-order valence-corrected chi connectivity index (χ4v) is 7.22. The van der Waals surface area contributed by atoms with Crippen LogP contribution < -0.4 is 0 Å². The monoisotopic (exact) mass is 362 g/mol. The fraction of sp³-hybridized carbons (Fsp3) is 0.762. The van der Waals surface area contributed by atoms with Crippen LogP contribution in [0, 0.1) is 28.6 Å². The van der Waals surface area contributed by atoms with Crippen molar-refractivity contribution in [1.29, 1.82) is 0 Å². The molecule has 0 saturated heterocycles. The van der Waals surface area contributed by atoms with Gasteiger partial charge >= 0.3 is 0 Å². The molecule has 144 valence electrons. The Bertz CT molecular complexity index is 697. The molecule has 0 spiro atoms. The van der Waals surface area contributed by atoms with E-state index in [0.29, 0.717) is 25.5 Å². The summed E-state index contributed by atoms with van der Waals surface area (Å²) in [5.41, 5.74) is -1.13. The molecule has 0 unspecified atom stereocenters. The summed E-state index contributed by atoms with van der Waals surface area (Å²) in [5.74, 6) is 0.313. The molecule has 3 fully saturated rings. The quantitative estimate of drug-likeness (QED) is 0.537. The molecule has 4 N–H and O–H groups in total. The lowest BCUT2D eigenvalue weighted by Gasteiger charge is -2.60. The van der Waals surface area contributed by atoms with E-state index in [0.717, 1.165) is 25.7 Å². The van der Waals surface area contributed by atoms with Crippen molar-refractivity contribution in [1.82, 2.24) is 0 Å². The molecule has 0 bridgehead atoms. The topological polar surface area (TPSA) is 98.0 Å². The number of ketones is 1. The summed E-state index contributed by atoms with van der Waals surface area (Å²) in [4.78, 5) is 11.9. The highest BCUT2D eigenvalue weighted by atomic mass is 16.3. The Labute approximate surface area is 154 Å². The molecule has 4 aliphatic carbocycles. The Morgan fingerprint density at radius 3 is 2.65 bits per heavy atom. The number of aliphatic hydroxyl groups is 4. The molecule has 26 heavy (non-hydrogen) atoms. The van der Waals surface area contributed by atoms with Crippen molar-refractivity contribution in [2.24, 2.45) is 28.6 Å². The van der Waals surface area contributed by atoms with Gasteiger partial charge in [0.15, 0.2) is 11.5 Å². The second-order valence-electron chi connectivity index (χ2n) is 9.49. The minimum atomic E-state index is -1.49. The van der Waals surface area contributed by atoms with E-state index in [-0.39, 0.29) is 34.7 Å². The van der Waals surface area contributed by atoms with E-state index in [2.05, 4.69) is 6.92 Å². The molecule has 3 saturated carbocycles. The third kappa shape index (κ3) is 2.07. The van der Waals surface area contributed by atoms with Crippen molar-refractivity contribution < 1.29 is 25.2 Å². The van der Waals surface area contributed by atoms with Gasteiger partial charge < -0.3 is 20.4 Å². The number of fused-ring (bicyclic) bond motifs is 5. The molecule has 0 aromatic rings. The summed E-state index contributed by atoms with van der Waals surface area (Å²) in [6.45, 7) is 4.14. The zero-order chi connectivity index (χ0) is 18.9. The summed E-state index contributed by atoms with van der Waals surface area (Å²) in [6.07, 6.45) is 6.45. The van der Waals surface area contributed by atoms with Gasteiger partial charge in [-0.1, -0.05) is 19.4 Å². The van der Waals surface area contributed by atoms with Crippen molar-refractivity contribution >= 4 is 5.78 Å². The van der Waals surface area contributed by atoms with Crippen molar-refractivity contribution in [2.45, 2.75) is 70.5 Å². The van der Waals surface area contributed by atoms with Crippen LogP contribution in [0.5, 0.6) is 0 Å². The second-order valence-corrected chi connectivity index (χ2v) is 9.49. The molecule has 0 heterocycles. The van der Waals surface area contributed by atoms with Crippen LogP contribution in [0.3, 0.4) is 0 Å². The zero-order valence-electron chi connectivity index (χ0n) is 15.6. The lowest BCUT2D eigenvalue weighted by molar-refractivity contribution is -0.168. The Kier molecular flexibility index (Phi) is 3.88. The summed E-state index contributed by atoms with van der Waals surface area (Å²) in [5, 5.41) is 41.9. The van der Waals surface area contributed by atoms with Gasteiger partial charge in [-0.25, -0.2) is 0 Å². The maximum atomic E-state index is 11.9. The first-order chi connectivity index (χ1) is 12.2. The Hall–Kier alpha value is -1.33. The molecule has 4 rings (SSSR count). The van der Waals surface area contributed by atoms with E-state index in [1.807, 2.05) is 13.0 Å². The molecule has 5 heteroatoms. The molecule has 0 aromatic heterocycles. The van der Waals surface area contributed by atoms with Crippen LogP contribution in [-0.2, 0) is 4.79 Å². The van der Waals surface area contributed by atoms with E-state index < -0.39 is 17.1 Å². The van der Waals surface area contributed by atoms with Gasteiger partial charge in [-0.3, -0.25) is 4.79 Å². The molecule has 0 radical (unpaired) electrons. The largest absolute Gasteiger partial charge is 0.512 e. The van der Waals surface area contributed by atoms with E-state index in [1.165, 1.54) is 5.57 Å². The van der Waals surface area contributed by atoms with E-state index in [1.54, 1.807) is 0 Å². The van der Waals surface area contributed by atoms with Gasteiger partial charge in [-0.05, 0) is 67.8 Å². The number of rotatable bonds is 1. The smallest absolute Gasteiger partial charge is 0.159 e. The van der Waals surface area contributed by atoms with Gasteiger partial charge in [0.2, 0.25) is 0 Å². The maximum absolute atomic E-state index is 11.9. The molecule has 4 aliphatic rings. The Morgan fingerprint density at radius 2 is 1.96 bits per heavy atom. The first kappa shape index (κ1) is 18.1. The highest BCUT2D eigenvalue weighted by Crippen LogP contribution is 2.68. The summed E-state index contributed by atoms with van der Waals surface area (Å²) in [6, 6.07) is 0. The summed E-state index contributed by atoms with van der Waals surface area (Å²) >= 11 is 0. The van der Waals surface area contributed by atoms with Crippen molar-refractivity contribution in [2.75, 3.05) is 0 Å². The summed E-state index contributed by atoms with van der Waals surface area (Å²) < 4.78 is 0. The van der Waals surface area contributed by atoms with Crippen LogP contribution in [0.4, 0.5) is 0 Å². The first-order valence-electron chi connectivity index (χ1n) is 9.85. The SMILES string of the molecule is C[C@]12CCC(=O)C=C1CC[C@@H]1[C@@H]2[C@@H](O)C[C@@]2(C)[C@H]1CC[C@]2(O)/C(O)=C/O. The van der Waals surface area contributed by atoms with Crippen LogP contribution in [0.1, 0.15) is 58.8 Å². The standard InChI is InChI=1S/C21H30O5/c1-19-7-5-13(23)9-12(19)3-4-14-15-6-8-21(26,17(25)11-22)20(15,2)10-16(24)18(14)19/h9,11,14-16,18,22,24-26H,3-8,10H2,1-2H3/b17-11-/t14-,15-,16-,18+,19-,20-,21-/m0/s1. The van der Waals surface area contributed by atoms with Crippen LogP contribution >= 0.6 is 0 Å². The van der Waals surface area contributed by atoms with Gasteiger partial charge in [-0.2, -0.15) is 0 Å². The van der Waals surface area contributed by atoms with Crippen LogP contribution in [0.25, 0.3) is 0 Å². The van der Waals surface area contributed by atoms with Crippen LogP contribution in [0.2, 0.25) is 0 Å². The van der Waals surface area contributed by atoms with Gasteiger partial charge in [0.25, 0.3) is 0 Å². The van der Waals surface area contributed by atoms with Crippen molar-refractivity contribution in [3.63, 3.8) is 0 Å². The van der Waals surface area contributed by atoms with Crippen LogP contribution in [-0.4, -0.2) is 37.9 Å². The number of hydrogen-bond acceptors (Lipinski definition) is 5. The Balaban J connectivity index is 1.75. The second kappa shape index (κ2) is 5.59. The molecular formula is C21H30O5. The molecule has 5 nitrogen and oxygen atoms in total. The highest BCUT2D eigenvalue weighted by molar-refractivity contribution is 5.91. The molecule has 0 amide bonds. The average molecular weight is 362 g/mol. The number of aliphatic hydroxyl groups excluding tert-OH is 3. The number of hydrogen-bond donors (Lipinski definition) is 4. The lowest BCUT2D eigenvalue weighted by atomic mass is 9.45. The molecule has 0 aliphatic heterocycles. The first-order valence-corrected chi connectivity index (χ1v) is 9.85. The van der Waals surface area contributed by atoms with Gasteiger partial charge in [0, 0.05) is 11.8 Å². The molecular weight excluding hydrogens is 332 g/mol. The third-order valence-electron chi connectivity index (χ3n) is 8.59. The normalized spacial score (nSPS) is 51.3.